The third-order valence-electron chi connectivity index (χ3n) is 10.3. The Morgan fingerprint density at radius 3 is 2.13 bits per heavy atom. The monoisotopic (exact) mass is 973 g/mol. The number of hydrogen-bond donors (Lipinski definition) is 0. The number of aryl methyl sites for hydroxylation is 2. The van der Waals surface area contributed by atoms with Gasteiger partial charge < -0.3 is 19.1 Å². The number of fused-ring (bicyclic) bond motifs is 4. The summed E-state index contributed by atoms with van der Waals surface area (Å²) in [7, 11) is 0. The van der Waals surface area contributed by atoms with Crippen LogP contribution in [0.5, 0.6) is 11.5 Å². The Morgan fingerprint density at radius 2 is 1.37 bits per heavy atom. The minimum absolute atomic E-state index is 0. The van der Waals surface area contributed by atoms with Gasteiger partial charge >= 0.3 is 0 Å². The maximum Gasteiger partial charge on any atom is 0.135 e. The van der Waals surface area contributed by atoms with Gasteiger partial charge in [0.15, 0.2) is 0 Å². The Labute approximate surface area is 387 Å². The first-order valence-electron chi connectivity index (χ1n) is 26.4. The predicted molar refractivity (Wildman–Crippen MR) is 243 cm³/mol. The molecule has 0 saturated heterocycles. The number of benzene rings is 7. The molecule has 7 aromatic carbocycles. The Morgan fingerprint density at radius 1 is 0.667 bits per heavy atom. The Bertz CT molecular complexity index is 3730. The van der Waals surface area contributed by atoms with Crippen LogP contribution in [0.15, 0.2) is 164 Å². The van der Waals surface area contributed by atoms with E-state index >= 15 is 0 Å². The molecule has 10 rings (SSSR count). The third kappa shape index (κ3) is 7.07. The van der Waals surface area contributed by atoms with Crippen molar-refractivity contribution in [2.75, 3.05) is 9.80 Å². The molecule has 5 nitrogen and oxygen atoms in total. The molecule has 1 aliphatic rings. The second kappa shape index (κ2) is 15.6. The van der Waals surface area contributed by atoms with E-state index in [-0.39, 0.29) is 101 Å². The molecule has 0 aliphatic carbocycles. The van der Waals surface area contributed by atoms with Gasteiger partial charge in [-0.3, -0.25) is 0 Å². The molecule has 0 bridgehead atoms. The molecule has 0 saturated carbocycles. The van der Waals surface area contributed by atoms with Gasteiger partial charge in [-0.05, 0) is 71.5 Å². The molecule has 0 fully saturated rings. The van der Waals surface area contributed by atoms with Gasteiger partial charge in [0.25, 0.3) is 0 Å². The first-order chi connectivity index (χ1) is 34.8. The van der Waals surface area contributed by atoms with Crippen LogP contribution in [0.2, 0.25) is 0 Å². The molecule has 0 amide bonds. The summed E-state index contributed by atoms with van der Waals surface area (Å²) in [6.45, 7) is 2.48. The Balaban J connectivity index is 0.00000689. The van der Waals surface area contributed by atoms with Crippen LogP contribution in [0.3, 0.4) is 0 Å². The van der Waals surface area contributed by atoms with Crippen molar-refractivity contribution < 1.29 is 46.4 Å². The molecule has 9 aromatic rings. The number of pyridine rings is 1. The summed E-state index contributed by atoms with van der Waals surface area (Å²) < 4.78 is 137. The summed E-state index contributed by atoms with van der Waals surface area (Å²) in [6.07, 6.45) is 1.66. The van der Waals surface area contributed by atoms with Crippen LogP contribution in [0.1, 0.15) is 58.0 Å². The summed E-state index contributed by atoms with van der Waals surface area (Å²) in [4.78, 5) is 8.22. The van der Waals surface area contributed by atoms with Crippen LogP contribution in [0.25, 0.3) is 49.9 Å². The Kier molecular flexibility index (Phi) is 6.58. The van der Waals surface area contributed by atoms with Crippen molar-refractivity contribution in [3.63, 3.8) is 0 Å². The zero-order chi connectivity index (χ0) is 53.1. The van der Waals surface area contributed by atoms with Crippen molar-refractivity contribution in [2.24, 2.45) is 0 Å². The van der Waals surface area contributed by atoms with Gasteiger partial charge in [0.1, 0.15) is 5.82 Å². The number of aromatic nitrogens is 2. The summed E-state index contributed by atoms with van der Waals surface area (Å²) in [5.74, 6) is 0.912. The summed E-state index contributed by atoms with van der Waals surface area (Å²) >= 11 is 0. The fraction of sp³-hybridized carbons (Fsp3) is 0.111. The quantitative estimate of drug-likeness (QED) is 0.149. The largest absolute Gasteiger partial charge is 0.509 e. The molecule has 0 unspecified atom stereocenters. The fourth-order valence-corrected chi connectivity index (χ4v) is 7.56. The van der Waals surface area contributed by atoms with Crippen LogP contribution in [0.4, 0.5) is 22.7 Å². The maximum absolute atomic E-state index is 9.06. The molecule has 0 atom stereocenters. The molecule has 1 aliphatic heterocycles. The van der Waals surface area contributed by atoms with E-state index in [1.165, 1.54) is 12.1 Å². The fourth-order valence-electron chi connectivity index (χ4n) is 7.56. The number of anilines is 4. The average molecular weight is 974 g/mol. The van der Waals surface area contributed by atoms with Crippen molar-refractivity contribution in [1.82, 2.24) is 9.55 Å². The van der Waals surface area contributed by atoms with E-state index in [0.717, 1.165) is 11.6 Å². The zero-order valence-corrected chi connectivity index (χ0v) is 34.8. The molecule has 0 N–H and O–H groups in total. The zero-order valence-electron chi connectivity index (χ0n) is 47.5. The van der Waals surface area contributed by atoms with Crippen molar-refractivity contribution in [3.05, 3.63) is 199 Å². The average Bonchev–Trinajstić information content (AvgIpc) is 3.96. The van der Waals surface area contributed by atoms with E-state index in [4.69, 9.17) is 25.3 Å². The molecular formula is C54H43N4OPt-3. The molecule has 60 heavy (non-hydrogen) atoms. The van der Waals surface area contributed by atoms with Gasteiger partial charge in [-0.1, -0.05) is 134 Å². The topological polar surface area (TPSA) is 33.5 Å². The van der Waals surface area contributed by atoms with Gasteiger partial charge in [0.05, 0.1) is 12.3 Å². The van der Waals surface area contributed by atoms with Crippen LogP contribution in [-0.2, 0) is 26.5 Å². The van der Waals surface area contributed by atoms with Gasteiger partial charge in [-0.25, -0.2) is 4.98 Å². The van der Waals surface area contributed by atoms with Crippen molar-refractivity contribution in [2.45, 2.75) is 39.9 Å². The maximum atomic E-state index is 9.06. The SMILES string of the molecule is [2H]c1c([2H])c([2H])c(-c2cccc(-c3cc(C([2H])([2H])[2H])cc(C([2H])([2H])[2H])c3)c2N2[CH-]N(c3[c-]c(Oc4[c-]c5c(cc4)c4c([2H])c([2H])c([2H])c([2H])c4n5-c4cc(C(C)(C)C)ccn4)ccc3)c3ccccc32)c([2H])c1[2H].[Pt]. The van der Waals surface area contributed by atoms with Gasteiger partial charge in [-0.15, -0.1) is 48.1 Å². The molecule has 298 valence electrons. The third-order valence-corrected chi connectivity index (χ3v) is 10.3. The van der Waals surface area contributed by atoms with Gasteiger partial charge in [0, 0.05) is 80.7 Å². The number of nitrogens with zero attached hydrogens (tertiary/aromatic N) is 4. The van der Waals surface area contributed by atoms with Crippen molar-refractivity contribution >= 4 is 44.6 Å². The Hall–Kier alpha value is -6.42. The van der Waals surface area contributed by atoms with E-state index in [1.807, 2.05) is 30.3 Å². The number of hydrogen-bond acceptors (Lipinski definition) is 4. The van der Waals surface area contributed by atoms with Crippen LogP contribution in [0, 0.1) is 32.5 Å². The van der Waals surface area contributed by atoms with E-state index in [0.29, 0.717) is 44.7 Å². The van der Waals surface area contributed by atoms with Crippen molar-refractivity contribution in [1.29, 1.82) is 0 Å². The van der Waals surface area contributed by atoms with E-state index < -0.39 is 43.9 Å². The minimum atomic E-state index is -2.71. The molecule has 6 heteroatoms. The number of rotatable bonds is 7. The summed E-state index contributed by atoms with van der Waals surface area (Å²) in [5, 5.41) is 0.809. The first kappa shape index (κ1) is 25.3. The molecule has 3 heterocycles. The number of ether oxygens (including phenoxy) is 1. The van der Waals surface area contributed by atoms with E-state index in [2.05, 4.69) is 37.9 Å². The van der Waals surface area contributed by atoms with Gasteiger partial charge in [0.2, 0.25) is 0 Å². The van der Waals surface area contributed by atoms with E-state index in [9.17, 15) is 0 Å². The minimum Gasteiger partial charge on any atom is -0.509 e. The molecule has 0 radical (unpaired) electrons. The van der Waals surface area contributed by atoms with Crippen LogP contribution >= 0.6 is 0 Å². The molecular weight excluding hydrogens is 916 g/mol. The normalized spacial score (nSPS) is 16.5. The predicted octanol–water partition coefficient (Wildman–Crippen LogP) is 14.2. The van der Waals surface area contributed by atoms with E-state index in [1.54, 1.807) is 81.8 Å². The van der Waals surface area contributed by atoms with Gasteiger partial charge in [-0.2, -0.15) is 12.1 Å². The molecule has 0 spiro atoms. The summed E-state index contributed by atoms with van der Waals surface area (Å²) in [6, 6.07) is 31.2. The second-order valence-corrected chi connectivity index (χ2v) is 15.1. The first-order valence-corrected chi connectivity index (χ1v) is 18.9. The van der Waals surface area contributed by atoms with Crippen molar-refractivity contribution in [3.8, 4) is 39.6 Å². The second-order valence-electron chi connectivity index (χ2n) is 15.1. The number of para-hydroxylation sites is 4. The van der Waals surface area contributed by atoms with Crippen LogP contribution < -0.4 is 14.5 Å². The smallest absolute Gasteiger partial charge is 0.135 e. The summed E-state index contributed by atoms with van der Waals surface area (Å²) in [5.41, 5.74) is 3.31. The standard InChI is InChI=1S/C54H43N4O.Pt/c1-36-29-37(2)31-39(30-36)45-21-14-20-44(38-15-7-6-8-16-38)53(45)57-35-56(49-23-11-12-24-50(49)57)41-17-13-18-42(33-41)59-43-25-26-47-46-19-9-10-22-48(46)58(51(47)34-43)52-32-40(27-28-55-52)54(3,4)5;/h6-32,35H,1-5H3;/q-3;/i1D3,2D3,6D,7D,8D,9D,10D,15D,16D,19D,22D;. The molecule has 2 aromatic heterocycles. The van der Waals surface area contributed by atoms with Crippen LogP contribution in [-0.4, -0.2) is 9.55 Å².